The molecule has 0 saturated carbocycles. The highest BCUT2D eigenvalue weighted by Crippen LogP contribution is 2.23. The average Bonchev–Trinajstić information content (AvgIpc) is 2.93. The Kier molecular flexibility index (Phi) is 4.24. The van der Waals surface area contributed by atoms with Gasteiger partial charge < -0.3 is 15.7 Å². The number of fused-ring (bicyclic) bond motifs is 1. The molecule has 0 saturated heterocycles. The van der Waals surface area contributed by atoms with Gasteiger partial charge in [0.2, 0.25) is 5.91 Å². The van der Waals surface area contributed by atoms with Crippen molar-refractivity contribution in [1.29, 1.82) is 0 Å². The highest BCUT2D eigenvalue weighted by atomic mass is 19.1. The minimum atomic E-state index is -0.990. The zero-order valence-corrected chi connectivity index (χ0v) is 12.3. The van der Waals surface area contributed by atoms with Crippen LogP contribution in [-0.2, 0) is 24.3 Å². The fourth-order valence-electron chi connectivity index (χ4n) is 2.46. The molecular weight excluding hydrogens is 306 g/mol. The SMILES string of the molecule is O=C(CCc1cc2n(n1)CCNC2)Nc1cc(F)c(O)cc1F. The molecule has 1 aliphatic rings. The Morgan fingerprint density at radius 2 is 2.17 bits per heavy atom. The first-order valence-corrected chi connectivity index (χ1v) is 7.27. The normalized spacial score (nSPS) is 13.7. The smallest absolute Gasteiger partial charge is 0.224 e. The van der Waals surface area contributed by atoms with Crippen LogP contribution in [0.2, 0.25) is 0 Å². The number of carbonyl (C=O) groups is 1. The van der Waals surface area contributed by atoms with E-state index in [9.17, 15) is 13.6 Å². The summed E-state index contributed by atoms with van der Waals surface area (Å²) in [6.07, 6.45) is 0.514. The fourth-order valence-corrected chi connectivity index (χ4v) is 2.46. The molecule has 0 spiro atoms. The second kappa shape index (κ2) is 6.33. The zero-order valence-electron chi connectivity index (χ0n) is 12.3. The maximum absolute atomic E-state index is 13.5. The molecule has 0 bridgehead atoms. The predicted molar refractivity (Wildman–Crippen MR) is 78.9 cm³/mol. The fraction of sp³-hybridized carbons (Fsp3) is 0.333. The number of hydrogen-bond acceptors (Lipinski definition) is 4. The third kappa shape index (κ3) is 3.48. The lowest BCUT2D eigenvalue weighted by Gasteiger charge is -2.13. The number of rotatable bonds is 4. The van der Waals surface area contributed by atoms with Crippen LogP contribution in [-0.4, -0.2) is 27.3 Å². The highest BCUT2D eigenvalue weighted by Gasteiger charge is 2.14. The van der Waals surface area contributed by atoms with Gasteiger partial charge >= 0.3 is 0 Å². The van der Waals surface area contributed by atoms with E-state index in [1.165, 1.54) is 0 Å². The minimum absolute atomic E-state index is 0.103. The predicted octanol–water partition coefficient (Wildman–Crippen LogP) is 1.54. The molecule has 0 radical (unpaired) electrons. The molecule has 2 heterocycles. The number of carbonyl (C=O) groups excluding carboxylic acids is 1. The molecule has 3 rings (SSSR count). The summed E-state index contributed by atoms with van der Waals surface area (Å²) < 4.78 is 28.7. The number of halogens is 2. The van der Waals surface area contributed by atoms with Crippen molar-refractivity contribution >= 4 is 11.6 Å². The number of phenols is 1. The molecule has 2 aromatic rings. The van der Waals surface area contributed by atoms with E-state index in [-0.39, 0.29) is 12.1 Å². The number of aromatic hydroxyl groups is 1. The van der Waals surface area contributed by atoms with E-state index in [4.69, 9.17) is 5.11 Å². The number of amides is 1. The first kappa shape index (κ1) is 15.4. The van der Waals surface area contributed by atoms with Crippen LogP contribution < -0.4 is 10.6 Å². The van der Waals surface area contributed by atoms with Crippen molar-refractivity contribution in [1.82, 2.24) is 15.1 Å². The van der Waals surface area contributed by atoms with Crippen LogP contribution in [0.1, 0.15) is 17.8 Å². The molecule has 1 amide bonds. The Bertz CT molecular complexity index is 722. The van der Waals surface area contributed by atoms with Gasteiger partial charge in [-0.2, -0.15) is 5.10 Å². The zero-order chi connectivity index (χ0) is 16.4. The molecule has 0 fully saturated rings. The van der Waals surface area contributed by atoms with Crippen LogP contribution in [0.3, 0.4) is 0 Å². The van der Waals surface area contributed by atoms with Gasteiger partial charge in [0.15, 0.2) is 17.4 Å². The number of hydrogen-bond donors (Lipinski definition) is 3. The first-order valence-electron chi connectivity index (χ1n) is 7.27. The molecule has 0 aliphatic carbocycles. The number of aromatic nitrogens is 2. The van der Waals surface area contributed by atoms with Gasteiger partial charge in [-0.3, -0.25) is 9.48 Å². The van der Waals surface area contributed by atoms with Crippen LogP contribution in [0.25, 0.3) is 0 Å². The maximum Gasteiger partial charge on any atom is 0.224 e. The third-order valence-electron chi connectivity index (χ3n) is 3.64. The topological polar surface area (TPSA) is 79.2 Å². The van der Waals surface area contributed by atoms with Gasteiger partial charge in [-0.25, -0.2) is 8.78 Å². The second-order valence-electron chi connectivity index (χ2n) is 5.36. The van der Waals surface area contributed by atoms with Crippen molar-refractivity contribution in [2.75, 3.05) is 11.9 Å². The molecular formula is C15H16F2N4O2. The van der Waals surface area contributed by atoms with Gasteiger partial charge in [0.1, 0.15) is 0 Å². The number of nitrogens with one attached hydrogen (secondary N) is 2. The molecule has 1 aliphatic heterocycles. The second-order valence-corrected chi connectivity index (χ2v) is 5.36. The molecule has 1 aromatic heterocycles. The number of nitrogens with zero attached hydrogens (tertiary/aromatic N) is 2. The Morgan fingerprint density at radius 1 is 1.35 bits per heavy atom. The Balaban J connectivity index is 1.59. The first-order chi connectivity index (χ1) is 11.0. The maximum atomic E-state index is 13.5. The molecule has 0 atom stereocenters. The summed E-state index contributed by atoms with van der Waals surface area (Å²) >= 11 is 0. The summed E-state index contributed by atoms with van der Waals surface area (Å²) in [5.74, 6) is -3.12. The summed E-state index contributed by atoms with van der Waals surface area (Å²) in [5, 5.41) is 19.0. The van der Waals surface area contributed by atoms with Crippen LogP contribution >= 0.6 is 0 Å². The van der Waals surface area contributed by atoms with Crippen LogP contribution in [0.4, 0.5) is 14.5 Å². The Labute approximate surface area is 131 Å². The number of benzene rings is 1. The summed E-state index contributed by atoms with van der Waals surface area (Å²) in [7, 11) is 0. The van der Waals surface area contributed by atoms with Crippen LogP contribution in [0.15, 0.2) is 18.2 Å². The Morgan fingerprint density at radius 3 is 2.96 bits per heavy atom. The average molecular weight is 322 g/mol. The lowest BCUT2D eigenvalue weighted by atomic mass is 10.2. The van der Waals surface area contributed by atoms with Gasteiger partial charge in [-0.15, -0.1) is 0 Å². The lowest BCUT2D eigenvalue weighted by molar-refractivity contribution is -0.116. The molecule has 1 aromatic carbocycles. The van der Waals surface area contributed by atoms with Gasteiger partial charge in [0, 0.05) is 38.1 Å². The van der Waals surface area contributed by atoms with E-state index in [0.29, 0.717) is 12.5 Å². The van der Waals surface area contributed by atoms with E-state index in [2.05, 4.69) is 15.7 Å². The lowest BCUT2D eigenvalue weighted by Crippen LogP contribution is -2.28. The van der Waals surface area contributed by atoms with E-state index < -0.39 is 23.3 Å². The van der Waals surface area contributed by atoms with Crippen LogP contribution in [0, 0.1) is 11.6 Å². The van der Waals surface area contributed by atoms with Gasteiger partial charge in [-0.1, -0.05) is 0 Å². The van der Waals surface area contributed by atoms with E-state index in [1.54, 1.807) is 0 Å². The molecule has 3 N–H and O–H groups in total. The van der Waals surface area contributed by atoms with Gasteiger partial charge in [0.05, 0.1) is 23.6 Å². The van der Waals surface area contributed by atoms with Gasteiger partial charge in [-0.05, 0) is 6.07 Å². The van der Waals surface area contributed by atoms with Gasteiger partial charge in [0.25, 0.3) is 0 Å². The number of anilines is 1. The van der Waals surface area contributed by atoms with Crippen molar-refractivity contribution in [2.45, 2.75) is 25.9 Å². The third-order valence-corrected chi connectivity index (χ3v) is 3.64. The van der Waals surface area contributed by atoms with Crippen molar-refractivity contribution < 1.29 is 18.7 Å². The molecule has 122 valence electrons. The van der Waals surface area contributed by atoms with Crippen molar-refractivity contribution in [2.24, 2.45) is 0 Å². The molecule has 6 nitrogen and oxygen atoms in total. The summed E-state index contributed by atoms with van der Waals surface area (Å²) in [6.45, 7) is 2.40. The van der Waals surface area contributed by atoms with E-state index in [0.717, 1.165) is 37.1 Å². The van der Waals surface area contributed by atoms with Crippen molar-refractivity contribution in [3.63, 3.8) is 0 Å². The summed E-state index contributed by atoms with van der Waals surface area (Å²) in [5.41, 5.74) is 1.56. The minimum Gasteiger partial charge on any atom is -0.505 e. The van der Waals surface area contributed by atoms with Crippen molar-refractivity contribution in [3.8, 4) is 5.75 Å². The Hall–Kier alpha value is -2.48. The summed E-state index contributed by atoms with van der Waals surface area (Å²) in [6, 6.07) is 3.31. The van der Waals surface area contributed by atoms with E-state index >= 15 is 0 Å². The summed E-state index contributed by atoms with van der Waals surface area (Å²) in [4.78, 5) is 11.9. The van der Waals surface area contributed by atoms with Crippen molar-refractivity contribution in [3.05, 3.63) is 41.2 Å². The number of phenolic OH excluding ortho intramolecular Hbond substituents is 1. The van der Waals surface area contributed by atoms with Crippen LogP contribution in [0.5, 0.6) is 5.75 Å². The number of aryl methyl sites for hydroxylation is 1. The standard InChI is InChI=1S/C15H16F2N4O2/c16-11-7-14(22)12(17)6-13(11)19-15(23)2-1-9-5-10-8-18-3-4-21(10)20-9/h5-7,18,22H,1-4,8H2,(H,19,23). The van der Waals surface area contributed by atoms with E-state index in [1.807, 2.05) is 10.7 Å². The largest absolute Gasteiger partial charge is 0.505 e. The highest BCUT2D eigenvalue weighted by molar-refractivity contribution is 5.91. The molecule has 8 heteroatoms. The molecule has 23 heavy (non-hydrogen) atoms. The quantitative estimate of drug-likeness (QED) is 0.746. The monoisotopic (exact) mass is 322 g/mol. The molecule has 0 unspecified atom stereocenters.